The summed E-state index contributed by atoms with van der Waals surface area (Å²) in [6, 6.07) is 0. The van der Waals surface area contributed by atoms with Gasteiger partial charge in [-0.05, 0) is 18.8 Å². The van der Waals surface area contributed by atoms with Crippen molar-refractivity contribution >= 4 is 6.34 Å². The topological polar surface area (TPSA) is 27.1 Å². The van der Waals surface area contributed by atoms with Crippen LogP contribution in [-0.4, -0.2) is 24.3 Å². The lowest BCUT2D eigenvalue weighted by Gasteiger charge is -2.27. The SMILES string of the molecule is CC.CC.CC1CCN(C=N)CC1. The molecule has 0 aromatic carbocycles. The van der Waals surface area contributed by atoms with Crippen molar-refractivity contribution in [2.45, 2.75) is 47.5 Å². The zero-order chi connectivity index (χ0) is 10.7. The van der Waals surface area contributed by atoms with E-state index in [-0.39, 0.29) is 0 Å². The van der Waals surface area contributed by atoms with Crippen molar-refractivity contribution in [2.24, 2.45) is 5.92 Å². The molecule has 1 heterocycles. The van der Waals surface area contributed by atoms with E-state index in [2.05, 4.69) is 11.8 Å². The molecule has 0 unspecified atom stereocenters. The van der Waals surface area contributed by atoms with Gasteiger partial charge in [0.05, 0.1) is 6.34 Å². The molecule has 1 rings (SSSR count). The van der Waals surface area contributed by atoms with Crippen LogP contribution in [0.15, 0.2) is 0 Å². The van der Waals surface area contributed by atoms with Gasteiger partial charge < -0.3 is 4.90 Å². The van der Waals surface area contributed by atoms with Crippen molar-refractivity contribution in [1.29, 1.82) is 5.41 Å². The lowest BCUT2D eigenvalue weighted by molar-refractivity contribution is 0.286. The van der Waals surface area contributed by atoms with Gasteiger partial charge in [-0.25, -0.2) is 0 Å². The Hall–Kier alpha value is -0.530. The molecule has 0 saturated carbocycles. The average Bonchev–Trinajstić information content (AvgIpc) is 2.25. The number of nitrogens with one attached hydrogen (secondary N) is 1. The highest BCUT2D eigenvalue weighted by molar-refractivity contribution is 5.50. The maximum absolute atomic E-state index is 6.96. The highest BCUT2D eigenvalue weighted by Gasteiger charge is 2.11. The van der Waals surface area contributed by atoms with Gasteiger partial charge in [-0.15, -0.1) is 0 Å². The van der Waals surface area contributed by atoms with Crippen molar-refractivity contribution in [3.05, 3.63) is 0 Å². The summed E-state index contributed by atoms with van der Waals surface area (Å²) in [7, 11) is 0. The second kappa shape index (κ2) is 11.5. The summed E-state index contributed by atoms with van der Waals surface area (Å²) in [5.74, 6) is 0.876. The predicted molar refractivity (Wildman–Crippen MR) is 61.5 cm³/mol. The van der Waals surface area contributed by atoms with Crippen LogP contribution in [0.2, 0.25) is 0 Å². The first kappa shape index (κ1) is 15.0. The van der Waals surface area contributed by atoms with Crippen molar-refractivity contribution < 1.29 is 0 Å². The van der Waals surface area contributed by atoms with E-state index in [4.69, 9.17) is 5.41 Å². The lowest BCUT2D eigenvalue weighted by atomic mass is 10.00. The number of hydrogen-bond acceptors (Lipinski definition) is 1. The first-order valence-electron chi connectivity index (χ1n) is 5.57. The van der Waals surface area contributed by atoms with E-state index >= 15 is 0 Å². The van der Waals surface area contributed by atoms with Gasteiger partial charge in [0.2, 0.25) is 0 Å². The summed E-state index contributed by atoms with van der Waals surface area (Å²) in [4.78, 5) is 2.07. The van der Waals surface area contributed by atoms with E-state index < -0.39 is 0 Å². The van der Waals surface area contributed by atoms with Gasteiger partial charge >= 0.3 is 0 Å². The van der Waals surface area contributed by atoms with E-state index in [0.717, 1.165) is 19.0 Å². The Bertz CT molecular complexity index is 94.3. The second-order valence-electron chi connectivity index (χ2n) is 2.85. The molecule has 0 aromatic heterocycles. The third-order valence-electron chi connectivity index (χ3n) is 2.00. The third kappa shape index (κ3) is 7.82. The van der Waals surface area contributed by atoms with Gasteiger partial charge in [-0.1, -0.05) is 34.6 Å². The Labute approximate surface area is 83.8 Å². The van der Waals surface area contributed by atoms with E-state index in [1.54, 1.807) is 0 Å². The van der Waals surface area contributed by atoms with Crippen LogP contribution in [0.25, 0.3) is 0 Å². The molecule has 0 aliphatic carbocycles. The van der Waals surface area contributed by atoms with Crippen LogP contribution < -0.4 is 0 Å². The summed E-state index contributed by atoms with van der Waals surface area (Å²) in [5.41, 5.74) is 0. The highest BCUT2D eigenvalue weighted by Crippen LogP contribution is 2.13. The van der Waals surface area contributed by atoms with Crippen LogP contribution >= 0.6 is 0 Å². The molecule has 2 heteroatoms. The standard InChI is InChI=1S/C7H14N2.2C2H6/c1-7-2-4-9(6-8)5-3-7;2*1-2/h6-8H,2-5H2,1H3;2*1-2H3. The fourth-order valence-corrected chi connectivity index (χ4v) is 1.16. The zero-order valence-corrected chi connectivity index (χ0v) is 9.93. The minimum absolute atomic E-state index is 0.876. The molecule has 0 atom stereocenters. The Balaban J connectivity index is 0. The first-order chi connectivity index (χ1) is 6.33. The Morgan fingerprint density at radius 3 is 1.77 bits per heavy atom. The molecule has 0 bridgehead atoms. The molecule has 0 spiro atoms. The fraction of sp³-hybridized carbons (Fsp3) is 0.909. The maximum Gasteiger partial charge on any atom is 0.0817 e. The van der Waals surface area contributed by atoms with Gasteiger partial charge in [-0.3, -0.25) is 5.41 Å². The maximum atomic E-state index is 6.96. The first-order valence-corrected chi connectivity index (χ1v) is 5.57. The fourth-order valence-electron chi connectivity index (χ4n) is 1.16. The molecular weight excluding hydrogens is 160 g/mol. The van der Waals surface area contributed by atoms with Gasteiger partial charge in [0.15, 0.2) is 0 Å². The smallest absolute Gasteiger partial charge is 0.0817 e. The van der Waals surface area contributed by atoms with E-state index in [0.29, 0.717) is 0 Å². The quantitative estimate of drug-likeness (QED) is 0.493. The zero-order valence-electron chi connectivity index (χ0n) is 9.93. The van der Waals surface area contributed by atoms with Gasteiger partial charge in [0.1, 0.15) is 0 Å². The molecule has 0 radical (unpaired) electrons. The van der Waals surface area contributed by atoms with E-state index in [9.17, 15) is 0 Å². The minimum atomic E-state index is 0.876. The van der Waals surface area contributed by atoms with Gasteiger partial charge in [0.25, 0.3) is 0 Å². The number of nitrogens with zero attached hydrogens (tertiary/aromatic N) is 1. The van der Waals surface area contributed by atoms with E-state index in [1.165, 1.54) is 19.2 Å². The van der Waals surface area contributed by atoms with Crippen LogP contribution in [0, 0.1) is 11.3 Å². The molecule has 0 amide bonds. The monoisotopic (exact) mass is 186 g/mol. The van der Waals surface area contributed by atoms with Crippen LogP contribution in [-0.2, 0) is 0 Å². The van der Waals surface area contributed by atoms with Gasteiger partial charge in [-0.2, -0.15) is 0 Å². The Kier molecular flexibility index (Phi) is 13.2. The molecule has 1 saturated heterocycles. The van der Waals surface area contributed by atoms with Crippen molar-refractivity contribution in [1.82, 2.24) is 4.90 Å². The molecule has 1 N–H and O–H groups in total. The molecular formula is C11H26N2. The molecule has 2 nitrogen and oxygen atoms in total. The molecule has 1 fully saturated rings. The molecule has 1 aliphatic heterocycles. The Morgan fingerprint density at radius 2 is 1.46 bits per heavy atom. The molecule has 0 aromatic rings. The summed E-state index contributed by atoms with van der Waals surface area (Å²) in [6.07, 6.45) is 3.97. The van der Waals surface area contributed by atoms with E-state index in [1.807, 2.05) is 27.7 Å². The summed E-state index contributed by atoms with van der Waals surface area (Å²) < 4.78 is 0. The second-order valence-corrected chi connectivity index (χ2v) is 2.85. The third-order valence-corrected chi connectivity index (χ3v) is 2.00. The normalized spacial score (nSPS) is 16.2. The summed E-state index contributed by atoms with van der Waals surface area (Å²) >= 11 is 0. The highest BCUT2D eigenvalue weighted by atomic mass is 15.1. The Morgan fingerprint density at radius 1 is 1.08 bits per heavy atom. The minimum Gasteiger partial charge on any atom is -0.363 e. The number of hydrogen-bond donors (Lipinski definition) is 1. The van der Waals surface area contributed by atoms with Crippen molar-refractivity contribution in [2.75, 3.05) is 13.1 Å². The lowest BCUT2D eigenvalue weighted by Crippen LogP contribution is -2.31. The van der Waals surface area contributed by atoms with Crippen LogP contribution in [0.1, 0.15) is 47.5 Å². The molecule has 13 heavy (non-hydrogen) atoms. The van der Waals surface area contributed by atoms with Crippen LogP contribution in [0.3, 0.4) is 0 Å². The van der Waals surface area contributed by atoms with Crippen molar-refractivity contribution in [3.63, 3.8) is 0 Å². The van der Waals surface area contributed by atoms with Crippen molar-refractivity contribution in [3.8, 4) is 0 Å². The number of likely N-dealkylation sites (tertiary alicyclic amines) is 1. The molecule has 1 aliphatic rings. The summed E-state index contributed by atoms with van der Waals surface area (Å²) in [5, 5.41) is 6.96. The predicted octanol–water partition coefficient (Wildman–Crippen LogP) is 3.38. The van der Waals surface area contributed by atoms with Gasteiger partial charge in [0, 0.05) is 13.1 Å². The number of rotatable bonds is 1. The van der Waals surface area contributed by atoms with Crippen LogP contribution in [0.4, 0.5) is 0 Å². The molecule has 80 valence electrons. The summed E-state index contributed by atoms with van der Waals surface area (Å²) in [6.45, 7) is 12.5. The number of piperidine rings is 1. The average molecular weight is 186 g/mol. The largest absolute Gasteiger partial charge is 0.363 e. The van der Waals surface area contributed by atoms with Crippen LogP contribution in [0.5, 0.6) is 0 Å².